The standard InChI is InChI=1S/C17H27N5O9/c1-7(23)13(17(30)31)21-14(27)9(6-11(19)24)20-15(28)10-3-2-4-22(10)16(29)8(18)5-12(25)26/h7-10,13,23H,2-6,18H2,1H3,(H2,19,24)(H,20,28)(H,21,27)(H,25,26)(H,30,31). The number of nitrogens with one attached hydrogen (secondary N) is 2. The summed E-state index contributed by atoms with van der Waals surface area (Å²) in [6.07, 6.45) is -2.15. The molecule has 0 aromatic rings. The Morgan fingerprint density at radius 3 is 2.19 bits per heavy atom. The minimum Gasteiger partial charge on any atom is -0.481 e. The van der Waals surface area contributed by atoms with Gasteiger partial charge >= 0.3 is 11.9 Å². The molecule has 1 fully saturated rings. The second-order valence-electron chi connectivity index (χ2n) is 7.19. The van der Waals surface area contributed by atoms with Gasteiger partial charge in [0.25, 0.3) is 0 Å². The lowest BCUT2D eigenvalue weighted by Crippen LogP contribution is -2.58. The molecular formula is C17H27N5O9. The third-order valence-corrected chi connectivity index (χ3v) is 4.63. The Kier molecular flexibility index (Phi) is 9.33. The maximum atomic E-state index is 12.7. The van der Waals surface area contributed by atoms with Gasteiger partial charge in [-0.05, 0) is 19.8 Å². The van der Waals surface area contributed by atoms with Crippen LogP contribution < -0.4 is 22.1 Å². The zero-order valence-electron chi connectivity index (χ0n) is 16.8. The largest absolute Gasteiger partial charge is 0.481 e. The van der Waals surface area contributed by atoms with Crippen molar-refractivity contribution in [2.24, 2.45) is 11.5 Å². The van der Waals surface area contributed by atoms with Crippen molar-refractivity contribution in [2.45, 2.75) is 62.9 Å². The number of carbonyl (C=O) groups excluding carboxylic acids is 4. The van der Waals surface area contributed by atoms with Crippen LogP contribution >= 0.6 is 0 Å². The van der Waals surface area contributed by atoms with E-state index in [1.807, 2.05) is 5.32 Å². The van der Waals surface area contributed by atoms with Gasteiger partial charge in [-0.2, -0.15) is 0 Å². The van der Waals surface area contributed by atoms with Gasteiger partial charge in [-0.1, -0.05) is 0 Å². The molecule has 0 radical (unpaired) electrons. The number of amides is 4. The molecule has 0 spiro atoms. The minimum absolute atomic E-state index is 0.139. The molecule has 1 aliphatic rings. The molecule has 174 valence electrons. The number of aliphatic carboxylic acids is 2. The molecule has 31 heavy (non-hydrogen) atoms. The quantitative estimate of drug-likeness (QED) is 0.163. The third-order valence-electron chi connectivity index (χ3n) is 4.63. The number of carbonyl (C=O) groups is 6. The Bertz CT molecular complexity index is 742. The van der Waals surface area contributed by atoms with E-state index in [0.29, 0.717) is 6.42 Å². The zero-order valence-corrected chi connectivity index (χ0v) is 16.8. The van der Waals surface area contributed by atoms with Gasteiger partial charge in [-0.25, -0.2) is 4.79 Å². The fourth-order valence-electron chi connectivity index (χ4n) is 3.11. The van der Waals surface area contributed by atoms with Crippen molar-refractivity contribution in [3.63, 3.8) is 0 Å². The summed E-state index contributed by atoms with van der Waals surface area (Å²) >= 11 is 0. The number of rotatable bonds is 11. The number of carboxylic acid groups (broad SMARTS) is 2. The maximum Gasteiger partial charge on any atom is 0.328 e. The van der Waals surface area contributed by atoms with Crippen LogP contribution in [0.2, 0.25) is 0 Å². The first-order valence-corrected chi connectivity index (χ1v) is 9.42. The molecule has 0 aromatic heterocycles. The number of likely N-dealkylation sites (tertiary alicyclic amines) is 1. The van der Waals surface area contributed by atoms with Gasteiger partial charge in [0.15, 0.2) is 6.04 Å². The summed E-state index contributed by atoms with van der Waals surface area (Å²) in [5.74, 6) is -6.43. The first-order valence-electron chi connectivity index (χ1n) is 9.42. The lowest BCUT2D eigenvalue weighted by atomic mass is 10.1. The monoisotopic (exact) mass is 445 g/mol. The second-order valence-corrected chi connectivity index (χ2v) is 7.19. The maximum absolute atomic E-state index is 12.7. The molecule has 14 heteroatoms. The predicted molar refractivity (Wildman–Crippen MR) is 102 cm³/mol. The molecule has 5 unspecified atom stereocenters. The van der Waals surface area contributed by atoms with E-state index in [2.05, 4.69) is 5.32 Å². The fraction of sp³-hybridized carbons (Fsp3) is 0.647. The van der Waals surface area contributed by atoms with Gasteiger partial charge in [0.1, 0.15) is 12.1 Å². The van der Waals surface area contributed by atoms with E-state index in [0.717, 1.165) is 11.8 Å². The fourth-order valence-corrected chi connectivity index (χ4v) is 3.11. The number of primary amides is 1. The lowest BCUT2D eigenvalue weighted by Gasteiger charge is -2.28. The van der Waals surface area contributed by atoms with E-state index in [-0.39, 0.29) is 13.0 Å². The molecule has 4 amide bonds. The summed E-state index contributed by atoms with van der Waals surface area (Å²) in [6, 6.07) is -5.69. The number of nitrogens with two attached hydrogens (primary N) is 2. The molecule has 1 saturated heterocycles. The first kappa shape index (κ1) is 25.8. The SMILES string of the molecule is CC(O)C(NC(=O)C(CC(N)=O)NC(=O)C1CCCN1C(=O)C(N)CC(=O)O)C(=O)O. The summed E-state index contributed by atoms with van der Waals surface area (Å²) in [7, 11) is 0. The normalized spacial score (nSPS) is 19.6. The van der Waals surface area contributed by atoms with Crippen LogP contribution in [0.15, 0.2) is 0 Å². The van der Waals surface area contributed by atoms with Crippen molar-refractivity contribution in [1.29, 1.82) is 0 Å². The van der Waals surface area contributed by atoms with Crippen molar-refractivity contribution in [3.8, 4) is 0 Å². The van der Waals surface area contributed by atoms with Gasteiger partial charge < -0.3 is 42.3 Å². The molecule has 9 N–H and O–H groups in total. The Balaban J connectivity index is 2.94. The van der Waals surface area contributed by atoms with Gasteiger partial charge in [-0.15, -0.1) is 0 Å². The Morgan fingerprint density at radius 2 is 1.71 bits per heavy atom. The van der Waals surface area contributed by atoms with Crippen molar-refractivity contribution >= 4 is 35.6 Å². The van der Waals surface area contributed by atoms with Crippen molar-refractivity contribution < 1.29 is 44.1 Å². The second kappa shape index (κ2) is 11.2. The molecule has 14 nitrogen and oxygen atoms in total. The predicted octanol–water partition coefficient (Wildman–Crippen LogP) is -3.91. The van der Waals surface area contributed by atoms with E-state index < -0.39 is 78.7 Å². The van der Waals surface area contributed by atoms with Crippen molar-refractivity contribution in [1.82, 2.24) is 15.5 Å². The number of hydrogen-bond donors (Lipinski definition) is 7. The smallest absolute Gasteiger partial charge is 0.328 e. The molecule has 0 saturated carbocycles. The Morgan fingerprint density at radius 1 is 1.10 bits per heavy atom. The van der Waals surface area contributed by atoms with Gasteiger partial charge in [-0.3, -0.25) is 24.0 Å². The van der Waals surface area contributed by atoms with E-state index in [1.165, 1.54) is 0 Å². The van der Waals surface area contributed by atoms with E-state index >= 15 is 0 Å². The third kappa shape index (κ3) is 7.49. The number of aliphatic hydroxyl groups is 1. The van der Waals surface area contributed by atoms with Gasteiger partial charge in [0.05, 0.1) is 25.0 Å². The summed E-state index contributed by atoms with van der Waals surface area (Å²) in [5, 5.41) is 31.6. The highest BCUT2D eigenvalue weighted by atomic mass is 16.4. The average Bonchev–Trinajstić information content (AvgIpc) is 3.12. The molecular weight excluding hydrogens is 418 g/mol. The first-order chi connectivity index (χ1) is 14.3. The number of nitrogens with zero attached hydrogens (tertiary/aromatic N) is 1. The van der Waals surface area contributed by atoms with Gasteiger partial charge in [0, 0.05) is 6.54 Å². The Labute approximate surface area is 176 Å². The van der Waals surface area contributed by atoms with Crippen molar-refractivity contribution in [3.05, 3.63) is 0 Å². The average molecular weight is 445 g/mol. The summed E-state index contributed by atoms with van der Waals surface area (Å²) in [4.78, 5) is 71.9. The molecule has 5 atom stereocenters. The van der Waals surface area contributed by atoms with Crippen LogP contribution in [0.3, 0.4) is 0 Å². The van der Waals surface area contributed by atoms with Crippen LogP contribution in [-0.4, -0.2) is 92.6 Å². The topological polar surface area (TPSA) is 242 Å². The highest BCUT2D eigenvalue weighted by Gasteiger charge is 2.38. The highest BCUT2D eigenvalue weighted by molar-refractivity contribution is 5.96. The van der Waals surface area contributed by atoms with Crippen LogP contribution in [0.4, 0.5) is 0 Å². The van der Waals surface area contributed by atoms with E-state index in [1.54, 1.807) is 0 Å². The summed E-state index contributed by atoms with van der Waals surface area (Å²) < 4.78 is 0. The van der Waals surface area contributed by atoms with Crippen molar-refractivity contribution in [2.75, 3.05) is 6.54 Å². The molecule has 0 bridgehead atoms. The minimum atomic E-state index is -1.70. The lowest BCUT2D eigenvalue weighted by molar-refractivity contribution is -0.146. The van der Waals surface area contributed by atoms with E-state index in [9.17, 15) is 33.9 Å². The molecule has 1 rings (SSSR count). The zero-order chi connectivity index (χ0) is 23.9. The number of carboxylic acids is 2. The van der Waals surface area contributed by atoms with Crippen LogP contribution in [0.5, 0.6) is 0 Å². The van der Waals surface area contributed by atoms with Gasteiger partial charge in [0.2, 0.25) is 23.6 Å². The van der Waals surface area contributed by atoms with E-state index in [4.69, 9.17) is 21.7 Å². The number of aliphatic hydroxyl groups excluding tert-OH is 1. The van der Waals surface area contributed by atoms with Crippen LogP contribution in [-0.2, 0) is 28.8 Å². The number of hydrogen-bond acceptors (Lipinski definition) is 8. The van der Waals surface area contributed by atoms with Crippen LogP contribution in [0.25, 0.3) is 0 Å². The molecule has 0 aliphatic carbocycles. The molecule has 1 heterocycles. The molecule has 1 aliphatic heterocycles. The highest BCUT2D eigenvalue weighted by Crippen LogP contribution is 2.19. The molecule has 0 aromatic carbocycles. The Hall–Kier alpha value is -3.26. The summed E-state index contributed by atoms with van der Waals surface area (Å²) in [6.45, 7) is 1.27. The van der Waals surface area contributed by atoms with Crippen LogP contribution in [0.1, 0.15) is 32.6 Å². The van der Waals surface area contributed by atoms with Crippen LogP contribution in [0, 0.1) is 0 Å². The summed E-state index contributed by atoms with van der Waals surface area (Å²) in [5.41, 5.74) is 10.7.